The van der Waals surface area contributed by atoms with E-state index in [-0.39, 0.29) is 0 Å². The summed E-state index contributed by atoms with van der Waals surface area (Å²) < 4.78 is 0.881. The SMILES string of the molecule is CCc1nc(Br)cc(N(Cc2cccs2)C2CC2)n1. The summed E-state index contributed by atoms with van der Waals surface area (Å²) in [6.45, 7) is 3.04. The number of anilines is 1. The standard InChI is InChI=1S/C14H16BrN3S/c1-2-13-16-12(15)8-14(17-13)18(10-5-6-10)9-11-4-3-7-19-11/h3-4,7-8,10H,2,5-6,9H2,1H3. The van der Waals surface area contributed by atoms with Crippen LogP contribution in [0.4, 0.5) is 5.82 Å². The van der Waals surface area contributed by atoms with Crippen LogP contribution in [0.25, 0.3) is 0 Å². The normalized spacial score (nSPS) is 14.6. The van der Waals surface area contributed by atoms with Crippen LogP contribution in [-0.2, 0) is 13.0 Å². The zero-order valence-electron chi connectivity index (χ0n) is 10.8. The highest BCUT2D eigenvalue weighted by Crippen LogP contribution is 2.33. The number of halogens is 1. The van der Waals surface area contributed by atoms with Crippen LogP contribution in [0.1, 0.15) is 30.5 Å². The second-order valence-corrected chi connectivity index (χ2v) is 6.60. The van der Waals surface area contributed by atoms with Crippen molar-refractivity contribution in [3.8, 4) is 0 Å². The molecular formula is C14H16BrN3S. The Morgan fingerprint density at radius 3 is 2.89 bits per heavy atom. The first-order valence-corrected chi connectivity index (χ1v) is 8.26. The summed E-state index contributed by atoms with van der Waals surface area (Å²) in [6, 6.07) is 6.98. The van der Waals surface area contributed by atoms with Crippen LogP contribution in [0.15, 0.2) is 28.2 Å². The average Bonchev–Trinajstić information content (AvgIpc) is 3.12. The molecule has 1 aliphatic rings. The van der Waals surface area contributed by atoms with Crippen molar-refractivity contribution in [1.29, 1.82) is 0 Å². The molecule has 5 heteroatoms. The Morgan fingerprint density at radius 1 is 1.42 bits per heavy atom. The van der Waals surface area contributed by atoms with Crippen LogP contribution in [0.3, 0.4) is 0 Å². The molecule has 2 aromatic heterocycles. The van der Waals surface area contributed by atoms with Crippen LogP contribution in [0, 0.1) is 0 Å². The number of hydrogen-bond acceptors (Lipinski definition) is 4. The molecule has 0 spiro atoms. The van der Waals surface area contributed by atoms with Crippen molar-refractivity contribution in [3.05, 3.63) is 38.9 Å². The van der Waals surface area contributed by atoms with Crippen molar-refractivity contribution in [2.75, 3.05) is 4.90 Å². The average molecular weight is 338 g/mol. The Kier molecular flexibility index (Phi) is 3.84. The summed E-state index contributed by atoms with van der Waals surface area (Å²) >= 11 is 5.30. The minimum absolute atomic E-state index is 0.647. The Morgan fingerprint density at radius 2 is 2.26 bits per heavy atom. The summed E-state index contributed by atoms with van der Waals surface area (Å²) in [5.74, 6) is 1.95. The second-order valence-electron chi connectivity index (χ2n) is 4.76. The number of nitrogens with zero attached hydrogens (tertiary/aromatic N) is 3. The van der Waals surface area contributed by atoms with Gasteiger partial charge in [-0.3, -0.25) is 0 Å². The van der Waals surface area contributed by atoms with E-state index in [0.717, 1.165) is 29.2 Å². The highest BCUT2D eigenvalue weighted by molar-refractivity contribution is 9.10. The second kappa shape index (κ2) is 5.59. The van der Waals surface area contributed by atoms with E-state index in [9.17, 15) is 0 Å². The van der Waals surface area contributed by atoms with Gasteiger partial charge >= 0.3 is 0 Å². The number of hydrogen-bond donors (Lipinski definition) is 0. The van der Waals surface area contributed by atoms with Gasteiger partial charge in [0.05, 0.1) is 6.54 Å². The molecule has 3 rings (SSSR count). The Hall–Kier alpha value is -0.940. The van der Waals surface area contributed by atoms with Gasteiger partial charge in [-0.15, -0.1) is 11.3 Å². The quantitative estimate of drug-likeness (QED) is 0.771. The minimum Gasteiger partial charge on any atom is -0.348 e. The highest BCUT2D eigenvalue weighted by Gasteiger charge is 2.30. The lowest BCUT2D eigenvalue weighted by Gasteiger charge is -2.23. The van der Waals surface area contributed by atoms with E-state index < -0.39 is 0 Å². The predicted molar refractivity (Wildman–Crippen MR) is 82.6 cm³/mol. The van der Waals surface area contributed by atoms with Gasteiger partial charge in [0.25, 0.3) is 0 Å². The third kappa shape index (κ3) is 3.15. The molecule has 0 radical (unpaired) electrons. The number of rotatable bonds is 5. The van der Waals surface area contributed by atoms with E-state index >= 15 is 0 Å². The first-order valence-electron chi connectivity index (χ1n) is 6.58. The Labute approximate surface area is 125 Å². The third-order valence-electron chi connectivity index (χ3n) is 3.23. The van der Waals surface area contributed by atoms with Crippen molar-refractivity contribution >= 4 is 33.1 Å². The van der Waals surface area contributed by atoms with Crippen molar-refractivity contribution in [2.24, 2.45) is 0 Å². The van der Waals surface area contributed by atoms with Crippen LogP contribution in [-0.4, -0.2) is 16.0 Å². The lowest BCUT2D eigenvalue weighted by atomic mass is 10.3. The molecule has 2 heterocycles. The van der Waals surface area contributed by atoms with Gasteiger partial charge in [-0.1, -0.05) is 13.0 Å². The van der Waals surface area contributed by atoms with Gasteiger partial charge in [-0.25, -0.2) is 9.97 Å². The summed E-state index contributed by atoms with van der Waals surface area (Å²) in [7, 11) is 0. The van der Waals surface area contributed by atoms with E-state index in [4.69, 9.17) is 0 Å². The summed E-state index contributed by atoms with van der Waals surface area (Å²) in [5.41, 5.74) is 0. The smallest absolute Gasteiger partial charge is 0.133 e. The minimum atomic E-state index is 0.647. The summed E-state index contributed by atoms with van der Waals surface area (Å²) in [4.78, 5) is 12.9. The fraction of sp³-hybridized carbons (Fsp3) is 0.429. The summed E-state index contributed by atoms with van der Waals surface area (Å²) in [5, 5.41) is 2.13. The maximum atomic E-state index is 4.68. The third-order valence-corrected chi connectivity index (χ3v) is 4.50. The molecule has 0 aromatic carbocycles. The molecule has 0 N–H and O–H groups in total. The van der Waals surface area contributed by atoms with Crippen LogP contribution >= 0.6 is 27.3 Å². The van der Waals surface area contributed by atoms with Gasteiger partial charge in [0.2, 0.25) is 0 Å². The maximum Gasteiger partial charge on any atom is 0.133 e. The van der Waals surface area contributed by atoms with E-state index in [1.807, 2.05) is 17.4 Å². The number of aromatic nitrogens is 2. The Balaban J connectivity index is 1.89. The molecule has 2 aromatic rings. The molecule has 0 unspecified atom stereocenters. The van der Waals surface area contributed by atoms with E-state index in [1.54, 1.807) is 0 Å². The molecule has 0 bridgehead atoms. The fourth-order valence-corrected chi connectivity index (χ4v) is 3.22. The molecule has 100 valence electrons. The highest BCUT2D eigenvalue weighted by atomic mass is 79.9. The van der Waals surface area contributed by atoms with E-state index in [0.29, 0.717) is 6.04 Å². The number of aryl methyl sites for hydroxylation is 1. The van der Waals surface area contributed by atoms with Crippen LogP contribution in [0.2, 0.25) is 0 Å². The van der Waals surface area contributed by atoms with E-state index in [1.165, 1.54) is 17.7 Å². The van der Waals surface area contributed by atoms with Crippen LogP contribution in [0.5, 0.6) is 0 Å². The zero-order valence-corrected chi connectivity index (χ0v) is 13.2. The molecular weight excluding hydrogens is 322 g/mol. The maximum absolute atomic E-state index is 4.68. The van der Waals surface area contributed by atoms with Crippen molar-refractivity contribution in [3.63, 3.8) is 0 Å². The predicted octanol–water partition coefficient (Wildman–Crippen LogP) is 4.03. The summed E-state index contributed by atoms with van der Waals surface area (Å²) in [6.07, 6.45) is 3.41. The van der Waals surface area contributed by atoms with Crippen LogP contribution < -0.4 is 4.90 Å². The molecule has 0 aliphatic heterocycles. The van der Waals surface area contributed by atoms with Gasteiger partial charge in [0.15, 0.2) is 0 Å². The van der Waals surface area contributed by atoms with Gasteiger partial charge in [-0.2, -0.15) is 0 Å². The van der Waals surface area contributed by atoms with Gasteiger partial charge in [-0.05, 0) is 40.2 Å². The molecule has 1 saturated carbocycles. The molecule has 3 nitrogen and oxygen atoms in total. The largest absolute Gasteiger partial charge is 0.348 e. The van der Waals surface area contributed by atoms with Crippen molar-refractivity contribution < 1.29 is 0 Å². The van der Waals surface area contributed by atoms with Crippen molar-refractivity contribution in [2.45, 2.75) is 38.8 Å². The monoisotopic (exact) mass is 337 g/mol. The van der Waals surface area contributed by atoms with Gasteiger partial charge in [0.1, 0.15) is 16.2 Å². The molecule has 0 amide bonds. The Bertz CT molecular complexity index is 552. The molecule has 0 saturated heterocycles. The van der Waals surface area contributed by atoms with Crippen molar-refractivity contribution in [1.82, 2.24) is 9.97 Å². The first-order chi connectivity index (χ1) is 9.26. The van der Waals surface area contributed by atoms with Gasteiger partial charge in [0, 0.05) is 23.4 Å². The van der Waals surface area contributed by atoms with Gasteiger partial charge < -0.3 is 4.90 Å². The van der Waals surface area contributed by atoms with E-state index in [2.05, 4.69) is 55.2 Å². The lowest BCUT2D eigenvalue weighted by Crippen LogP contribution is -2.26. The molecule has 0 atom stereocenters. The first kappa shape index (κ1) is 13.1. The lowest BCUT2D eigenvalue weighted by molar-refractivity contribution is 0.770. The number of thiophene rings is 1. The molecule has 1 aliphatic carbocycles. The molecule has 1 fully saturated rings. The topological polar surface area (TPSA) is 29.0 Å². The fourth-order valence-electron chi connectivity index (χ4n) is 2.11. The zero-order chi connectivity index (χ0) is 13.2. The molecule has 19 heavy (non-hydrogen) atoms.